The number of ketones is 1. The molecule has 9 heteroatoms. The van der Waals surface area contributed by atoms with Crippen LogP contribution >= 0.6 is 0 Å². The average Bonchev–Trinajstić information content (AvgIpc) is 3.53. The number of hydrogen-bond acceptors (Lipinski definition) is 6. The van der Waals surface area contributed by atoms with Crippen molar-refractivity contribution in [1.82, 2.24) is 14.3 Å². The number of aryl methyl sites for hydroxylation is 1. The number of benzene rings is 1. The maximum Gasteiger partial charge on any atom is 0.276 e. The summed E-state index contributed by atoms with van der Waals surface area (Å²) in [5, 5.41) is 5.25. The average molecular weight is 524 g/mol. The molecule has 2 aromatic heterocycles. The maximum atomic E-state index is 13.2. The first kappa shape index (κ1) is 25.7. The molecule has 3 heterocycles. The normalized spacial score (nSPS) is 18.3. The molecular formula is C28H37N3O5Si. The van der Waals surface area contributed by atoms with E-state index in [-0.39, 0.29) is 24.0 Å². The third-order valence-corrected chi connectivity index (χ3v) is 9.31. The summed E-state index contributed by atoms with van der Waals surface area (Å²) in [6, 6.07) is 4.86. The van der Waals surface area contributed by atoms with Gasteiger partial charge >= 0.3 is 0 Å². The molecule has 2 aliphatic rings. The van der Waals surface area contributed by atoms with Gasteiger partial charge < -0.3 is 18.8 Å². The minimum Gasteiger partial charge on any atom is -0.497 e. The molecular weight excluding hydrogens is 486 g/mol. The zero-order chi connectivity index (χ0) is 26.3. The SMILES string of the molecule is COc1cc2c(c(-c3cn(C)c(=O)c4c3cnn4COCC[Si](C)(C)C)c1)OC(C1CCCC1)C(=O)C2. The molecule has 1 aliphatic heterocycles. The third-order valence-electron chi connectivity index (χ3n) is 7.61. The van der Waals surface area contributed by atoms with Crippen molar-refractivity contribution in [2.75, 3.05) is 13.7 Å². The van der Waals surface area contributed by atoms with Gasteiger partial charge in [-0.2, -0.15) is 5.10 Å². The summed E-state index contributed by atoms with van der Waals surface area (Å²) in [4.78, 5) is 26.3. The first-order chi connectivity index (χ1) is 17.7. The van der Waals surface area contributed by atoms with Gasteiger partial charge in [0.05, 0.1) is 13.3 Å². The lowest BCUT2D eigenvalue weighted by Crippen LogP contribution is -2.38. The third kappa shape index (κ3) is 5.11. The molecule has 0 spiro atoms. The fraction of sp³-hybridized carbons (Fsp3) is 0.536. The highest BCUT2D eigenvalue weighted by Crippen LogP contribution is 2.44. The van der Waals surface area contributed by atoms with Crippen LogP contribution in [-0.4, -0.2) is 48.0 Å². The van der Waals surface area contributed by atoms with Crippen molar-refractivity contribution in [3.05, 3.63) is 40.4 Å². The van der Waals surface area contributed by atoms with E-state index >= 15 is 0 Å². The van der Waals surface area contributed by atoms with Crippen molar-refractivity contribution in [2.45, 2.75) is 70.6 Å². The highest BCUT2D eigenvalue weighted by atomic mass is 28.3. The summed E-state index contributed by atoms with van der Waals surface area (Å²) in [6.45, 7) is 7.79. The van der Waals surface area contributed by atoms with Crippen LogP contribution in [-0.2, 0) is 29.7 Å². The Morgan fingerprint density at radius 3 is 2.59 bits per heavy atom. The van der Waals surface area contributed by atoms with Gasteiger partial charge in [-0.25, -0.2) is 4.68 Å². The quantitative estimate of drug-likeness (QED) is 0.312. The summed E-state index contributed by atoms with van der Waals surface area (Å²) in [7, 11) is 2.14. The Bertz CT molecular complexity index is 1380. The lowest BCUT2D eigenvalue weighted by Gasteiger charge is -2.31. The molecule has 37 heavy (non-hydrogen) atoms. The van der Waals surface area contributed by atoms with Crippen molar-refractivity contribution in [2.24, 2.45) is 13.0 Å². The fourth-order valence-electron chi connectivity index (χ4n) is 5.49. The van der Waals surface area contributed by atoms with E-state index in [0.717, 1.165) is 53.8 Å². The second kappa shape index (κ2) is 10.1. The maximum absolute atomic E-state index is 13.2. The summed E-state index contributed by atoms with van der Waals surface area (Å²) in [5.41, 5.74) is 2.80. The Morgan fingerprint density at radius 2 is 1.89 bits per heavy atom. The second-order valence-electron chi connectivity index (χ2n) is 11.6. The zero-order valence-corrected chi connectivity index (χ0v) is 23.5. The van der Waals surface area contributed by atoms with Crippen LogP contribution in [0.2, 0.25) is 25.7 Å². The summed E-state index contributed by atoms with van der Waals surface area (Å²) in [5.74, 6) is 1.74. The Morgan fingerprint density at radius 1 is 1.14 bits per heavy atom. The van der Waals surface area contributed by atoms with Gasteiger partial charge in [-0.3, -0.25) is 9.59 Å². The van der Waals surface area contributed by atoms with Gasteiger partial charge in [-0.05, 0) is 31.0 Å². The lowest BCUT2D eigenvalue weighted by atomic mass is 9.88. The van der Waals surface area contributed by atoms with Gasteiger partial charge in [0, 0.05) is 62.3 Å². The Labute approximate surface area is 218 Å². The van der Waals surface area contributed by atoms with Crippen molar-refractivity contribution >= 4 is 24.8 Å². The molecule has 1 aromatic carbocycles. The van der Waals surface area contributed by atoms with E-state index in [9.17, 15) is 9.59 Å². The first-order valence-corrected chi connectivity index (χ1v) is 16.9. The van der Waals surface area contributed by atoms with Gasteiger partial charge in [-0.1, -0.05) is 32.5 Å². The summed E-state index contributed by atoms with van der Waals surface area (Å²) < 4.78 is 21.2. The highest BCUT2D eigenvalue weighted by molar-refractivity contribution is 6.76. The highest BCUT2D eigenvalue weighted by Gasteiger charge is 2.37. The number of hydrogen-bond donors (Lipinski definition) is 0. The van der Waals surface area contributed by atoms with Crippen LogP contribution in [0.25, 0.3) is 22.0 Å². The van der Waals surface area contributed by atoms with Crippen molar-refractivity contribution in [3.8, 4) is 22.6 Å². The van der Waals surface area contributed by atoms with Crippen molar-refractivity contribution in [3.63, 3.8) is 0 Å². The molecule has 1 unspecified atom stereocenters. The van der Waals surface area contributed by atoms with E-state index in [0.29, 0.717) is 30.0 Å². The molecule has 1 fully saturated rings. The Balaban J connectivity index is 1.57. The second-order valence-corrected chi connectivity index (χ2v) is 17.2. The first-order valence-electron chi connectivity index (χ1n) is 13.2. The molecule has 1 saturated carbocycles. The molecule has 3 aromatic rings. The van der Waals surface area contributed by atoms with E-state index in [1.165, 1.54) is 0 Å². The minimum atomic E-state index is -1.22. The van der Waals surface area contributed by atoms with Crippen LogP contribution in [0.15, 0.2) is 29.3 Å². The smallest absolute Gasteiger partial charge is 0.276 e. The molecule has 0 N–H and O–H groups in total. The number of Topliss-reactive ketones (excluding diaryl/α,β-unsaturated/α-hetero) is 1. The number of carbonyl (C=O) groups is 1. The largest absolute Gasteiger partial charge is 0.497 e. The van der Waals surface area contributed by atoms with Gasteiger partial charge in [0.1, 0.15) is 23.7 Å². The molecule has 0 saturated heterocycles. The molecule has 8 nitrogen and oxygen atoms in total. The number of fused-ring (bicyclic) bond motifs is 2. The van der Waals surface area contributed by atoms with Crippen LogP contribution in [0.4, 0.5) is 0 Å². The molecule has 0 amide bonds. The number of ether oxygens (including phenoxy) is 3. The predicted molar refractivity (Wildman–Crippen MR) is 146 cm³/mol. The fourth-order valence-corrected chi connectivity index (χ4v) is 6.24. The topological polar surface area (TPSA) is 84.6 Å². The van der Waals surface area contributed by atoms with Gasteiger partial charge in [0.15, 0.2) is 11.9 Å². The van der Waals surface area contributed by atoms with Crippen LogP contribution < -0.4 is 15.0 Å². The standard InChI is InChI=1S/C28H37N3O5Si/c1-30-16-23(22-15-29-31(25(22)28(30)33)17-35-10-11-37(3,4)5)21-14-20(34-2)12-19-13-24(32)27(36-26(19)21)18-8-6-7-9-18/h12,14-16,18,27H,6-11,13,17H2,1-5H3. The van der Waals surface area contributed by atoms with E-state index in [1.54, 1.807) is 29.6 Å². The van der Waals surface area contributed by atoms with E-state index in [2.05, 4.69) is 24.7 Å². The van der Waals surface area contributed by atoms with Gasteiger partial charge in [0.25, 0.3) is 5.56 Å². The number of methoxy groups -OCH3 is 1. The number of rotatable bonds is 8. The molecule has 0 radical (unpaired) electrons. The monoisotopic (exact) mass is 523 g/mol. The number of carbonyl (C=O) groups excluding carboxylic acids is 1. The van der Waals surface area contributed by atoms with Crippen LogP contribution in [0.3, 0.4) is 0 Å². The molecule has 198 valence electrons. The van der Waals surface area contributed by atoms with Crippen molar-refractivity contribution in [1.29, 1.82) is 0 Å². The van der Waals surface area contributed by atoms with Crippen molar-refractivity contribution < 1.29 is 19.0 Å². The lowest BCUT2D eigenvalue weighted by molar-refractivity contribution is -0.128. The van der Waals surface area contributed by atoms with Crippen LogP contribution in [0.5, 0.6) is 11.5 Å². The summed E-state index contributed by atoms with van der Waals surface area (Å²) >= 11 is 0. The molecule has 0 bridgehead atoms. The van der Waals surface area contributed by atoms with E-state index < -0.39 is 14.2 Å². The minimum absolute atomic E-state index is 0.132. The van der Waals surface area contributed by atoms with E-state index in [1.807, 2.05) is 18.3 Å². The molecule has 1 aliphatic carbocycles. The number of nitrogens with zero attached hydrogens (tertiary/aromatic N) is 3. The summed E-state index contributed by atoms with van der Waals surface area (Å²) in [6.07, 6.45) is 7.76. The number of pyridine rings is 1. The number of aromatic nitrogens is 3. The Kier molecular flexibility index (Phi) is 7.02. The van der Waals surface area contributed by atoms with Gasteiger partial charge in [-0.15, -0.1) is 0 Å². The van der Waals surface area contributed by atoms with Gasteiger partial charge in [0.2, 0.25) is 0 Å². The van der Waals surface area contributed by atoms with Crippen LogP contribution in [0.1, 0.15) is 31.2 Å². The molecule has 5 rings (SSSR count). The van der Waals surface area contributed by atoms with Crippen LogP contribution in [0, 0.1) is 5.92 Å². The predicted octanol–water partition coefficient (Wildman–Crippen LogP) is 4.79. The molecule has 1 atom stereocenters. The Hall–Kier alpha value is -2.91. The van der Waals surface area contributed by atoms with E-state index in [4.69, 9.17) is 14.2 Å². The zero-order valence-electron chi connectivity index (χ0n) is 22.5.